The first-order chi connectivity index (χ1) is 13.6. The Balaban J connectivity index is 1.63. The molecule has 0 saturated carbocycles. The highest BCUT2D eigenvalue weighted by Crippen LogP contribution is 2.36. The molecular formula is C23H22BrClN2O. The lowest BCUT2D eigenvalue weighted by molar-refractivity contribution is -0.116. The van der Waals surface area contributed by atoms with Gasteiger partial charge in [0.1, 0.15) is 0 Å². The van der Waals surface area contributed by atoms with Gasteiger partial charge in [0.25, 0.3) is 5.91 Å². The third kappa shape index (κ3) is 4.40. The van der Waals surface area contributed by atoms with Crippen molar-refractivity contribution in [2.45, 2.75) is 25.3 Å². The van der Waals surface area contributed by atoms with E-state index in [1.54, 1.807) is 0 Å². The summed E-state index contributed by atoms with van der Waals surface area (Å²) in [5, 5.41) is 7.31. The second-order valence-electron chi connectivity index (χ2n) is 7.26. The van der Waals surface area contributed by atoms with Crippen molar-refractivity contribution in [2.24, 2.45) is 0 Å². The van der Waals surface area contributed by atoms with Gasteiger partial charge < -0.3 is 10.6 Å². The molecule has 5 heteroatoms. The van der Waals surface area contributed by atoms with Crippen LogP contribution in [-0.4, -0.2) is 25.0 Å². The first-order valence-electron chi connectivity index (χ1n) is 9.57. The fourth-order valence-electron chi connectivity index (χ4n) is 3.82. The number of allylic oxidation sites excluding steroid dienone is 2. The zero-order valence-electron chi connectivity index (χ0n) is 15.5. The van der Waals surface area contributed by atoms with Crippen LogP contribution in [0.15, 0.2) is 58.6 Å². The van der Waals surface area contributed by atoms with Crippen molar-refractivity contribution in [3.63, 3.8) is 0 Å². The topological polar surface area (TPSA) is 41.1 Å². The van der Waals surface area contributed by atoms with Gasteiger partial charge in [0, 0.05) is 15.5 Å². The summed E-state index contributed by atoms with van der Waals surface area (Å²) in [5.41, 5.74) is 5.12. The third-order valence-electron chi connectivity index (χ3n) is 5.29. The average molecular weight is 458 g/mol. The molecule has 2 aromatic carbocycles. The number of carbonyl (C=O) groups excluding carboxylic acids is 1. The maximum absolute atomic E-state index is 13.2. The number of amides is 1. The lowest BCUT2D eigenvalue weighted by Gasteiger charge is -2.24. The Hall–Kier alpha value is -1.88. The normalized spacial score (nSPS) is 17.2. The SMILES string of the molecule is O=C(NC1CCNCC1)C1=C(/C=C/c2ccc(Cl)cc2)Cc2cc(Br)ccc21. The van der Waals surface area contributed by atoms with Crippen molar-refractivity contribution in [1.29, 1.82) is 0 Å². The van der Waals surface area contributed by atoms with E-state index < -0.39 is 0 Å². The number of nitrogens with one attached hydrogen (secondary N) is 2. The second-order valence-corrected chi connectivity index (χ2v) is 8.61. The molecule has 3 nitrogen and oxygen atoms in total. The summed E-state index contributed by atoms with van der Waals surface area (Å²) in [7, 11) is 0. The number of benzene rings is 2. The number of fused-ring (bicyclic) bond motifs is 1. The number of carbonyl (C=O) groups is 1. The Morgan fingerprint density at radius 1 is 1.11 bits per heavy atom. The second kappa shape index (κ2) is 8.64. The molecule has 2 aromatic rings. The highest BCUT2D eigenvalue weighted by molar-refractivity contribution is 9.10. The summed E-state index contributed by atoms with van der Waals surface area (Å²) in [4.78, 5) is 13.2. The smallest absolute Gasteiger partial charge is 0.252 e. The van der Waals surface area contributed by atoms with E-state index in [9.17, 15) is 4.79 Å². The van der Waals surface area contributed by atoms with E-state index in [1.807, 2.05) is 42.5 Å². The minimum Gasteiger partial charge on any atom is -0.349 e. The number of hydrogen-bond acceptors (Lipinski definition) is 2. The number of rotatable bonds is 4. The van der Waals surface area contributed by atoms with Gasteiger partial charge in [0.2, 0.25) is 0 Å². The van der Waals surface area contributed by atoms with Gasteiger partial charge >= 0.3 is 0 Å². The molecule has 0 radical (unpaired) electrons. The minimum absolute atomic E-state index is 0.0312. The van der Waals surface area contributed by atoms with Crippen LogP contribution in [-0.2, 0) is 11.2 Å². The molecule has 0 aromatic heterocycles. The number of hydrogen-bond donors (Lipinski definition) is 2. The number of piperidine rings is 1. The standard InChI is InChI=1S/C23H22BrClN2O/c24-18-5-8-21-17(14-18)13-16(4-1-15-2-6-19(25)7-3-15)22(21)23(28)27-20-9-11-26-12-10-20/h1-8,14,20,26H,9-13H2,(H,27,28)/b4-1+. The van der Waals surface area contributed by atoms with Crippen LogP contribution in [0.1, 0.15) is 29.5 Å². The Morgan fingerprint density at radius 2 is 1.86 bits per heavy atom. The largest absolute Gasteiger partial charge is 0.349 e. The molecule has 1 amide bonds. The van der Waals surface area contributed by atoms with Crippen LogP contribution in [0.5, 0.6) is 0 Å². The van der Waals surface area contributed by atoms with Crippen LogP contribution in [0.3, 0.4) is 0 Å². The third-order valence-corrected chi connectivity index (χ3v) is 6.03. The van der Waals surface area contributed by atoms with E-state index in [4.69, 9.17) is 11.6 Å². The molecule has 0 spiro atoms. The van der Waals surface area contributed by atoms with Gasteiger partial charge in [-0.05, 0) is 78.9 Å². The zero-order valence-corrected chi connectivity index (χ0v) is 17.8. The van der Waals surface area contributed by atoms with E-state index in [0.29, 0.717) is 0 Å². The Kier molecular flexibility index (Phi) is 6.00. The van der Waals surface area contributed by atoms with Gasteiger partial charge in [-0.25, -0.2) is 0 Å². The van der Waals surface area contributed by atoms with Crippen molar-refractivity contribution in [3.05, 3.63) is 80.3 Å². The van der Waals surface area contributed by atoms with E-state index in [0.717, 1.165) is 64.1 Å². The predicted molar refractivity (Wildman–Crippen MR) is 119 cm³/mol. The van der Waals surface area contributed by atoms with Gasteiger partial charge in [-0.2, -0.15) is 0 Å². The first kappa shape index (κ1) is 19.4. The molecule has 1 aliphatic heterocycles. The summed E-state index contributed by atoms with van der Waals surface area (Å²) in [6, 6.07) is 14.1. The number of halogens is 2. The molecule has 1 aliphatic carbocycles. The van der Waals surface area contributed by atoms with Crippen molar-refractivity contribution < 1.29 is 4.79 Å². The maximum Gasteiger partial charge on any atom is 0.252 e. The molecular weight excluding hydrogens is 436 g/mol. The monoisotopic (exact) mass is 456 g/mol. The first-order valence-corrected chi connectivity index (χ1v) is 10.7. The molecule has 2 N–H and O–H groups in total. The molecule has 1 saturated heterocycles. The fourth-order valence-corrected chi connectivity index (χ4v) is 4.36. The van der Waals surface area contributed by atoms with Gasteiger partial charge in [-0.15, -0.1) is 0 Å². The molecule has 4 rings (SSSR count). The van der Waals surface area contributed by atoms with Crippen molar-refractivity contribution >= 4 is 45.1 Å². The molecule has 0 unspecified atom stereocenters. The van der Waals surface area contributed by atoms with Crippen LogP contribution >= 0.6 is 27.5 Å². The lowest BCUT2D eigenvalue weighted by atomic mass is 10.0. The molecule has 0 bridgehead atoms. The molecule has 1 heterocycles. The van der Waals surface area contributed by atoms with Gasteiger partial charge in [-0.1, -0.05) is 57.9 Å². The lowest BCUT2D eigenvalue weighted by Crippen LogP contribution is -2.43. The zero-order chi connectivity index (χ0) is 19.5. The predicted octanol–water partition coefficient (Wildman–Crippen LogP) is 4.99. The van der Waals surface area contributed by atoms with E-state index in [1.165, 1.54) is 5.56 Å². The maximum atomic E-state index is 13.2. The Morgan fingerprint density at radius 3 is 2.61 bits per heavy atom. The quantitative estimate of drug-likeness (QED) is 0.679. The van der Waals surface area contributed by atoms with Gasteiger partial charge in [-0.3, -0.25) is 4.79 Å². The molecule has 1 fully saturated rings. The molecule has 0 atom stereocenters. The van der Waals surface area contributed by atoms with Crippen molar-refractivity contribution in [3.8, 4) is 0 Å². The van der Waals surface area contributed by atoms with E-state index >= 15 is 0 Å². The minimum atomic E-state index is 0.0312. The van der Waals surface area contributed by atoms with Crippen molar-refractivity contribution in [2.75, 3.05) is 13.1 Å². The summed E-state index contributed by atoms with van der Waals surface area (Å²) < 4.78 is 1.03. The van der Waals surface area contributed by atoms with Crippen molar-refractivity contribution in [1.82, 2.24) is 10.6 Å². The van der Waals surface area contributed by atoms with Crippen LogP contribution in [0, 0.1) is 0 Å². The Labute approximate surface area is 179 Å². The Bertz CT molecular complexity index is 944. The highest BCUT2D eigenvalue weighted by Gasteiger charge is 2.27. The summed E-state index contributed by atoms with van der Waals surface area (Å²) in [5.74, 6) is 0.0312. The van der Waals surface area contributed by atoms with Crippen LogP contribution in [0.2, 0.25) is 5.02 Å². The van der Waals surface area contributed by atoms with Crippen LogP contribution in [0.25, 0.3) is 11.6 Å². The summed E-state index contributed by atoms with van der Waals surface area (Å²) >= 11 is 9.52. The van der Waals surface area contributed by atoms with Gasteiger partial charge in [0.05, 0.1) is 5.57 Å². The molecule has 28 heavy (non-hydrogen) atoms. The highest BCUT2D eigenvalue weighted by atomic mass is 79.9. The average Bonchev–Trinajstić information content (AvgIpc) is 3.06. The molecule has 144 valence electrons. The van der Waals surface area contributed by atoms with Crippen LogP contribution in [0.4, 0.5) is 0 Å². The summed E-state index contributed by atoms with van der Waals surface area (Å²) in [6.07, 6.45) is 6.82. The van der Waals surface area contributed by atoms with E-state index in [2.05, 4.69) is 38.7 Å². The van der Waals surface area contributed by atoms with Gasteiger partial charge in [0.15, 0.2) is 0 Å². The van der Waals surface area contributed by atoms with Crippen LogP contribution < -0.4 is 10.6 Å². The summed E-state index contributed by atoms with van der Waals surface area (Å²) in [6.45, 7) is 1.91. The van der Waals surface area contributed by atoms with E-state index in [-0.39, 0.29) is 11.9 Å². The fraction of sp³-hybridized carbons (Fsp3) is 0.261. The molecule has 2 aliphatic rings.